The van der Waals surface area contributed by atoms with Gasteiger partial charge in [0.05, 0.1) is 15.9 Å². The third-order valence-corrected chi connectivity index (χ3v) is 10.2. The molecule has 48 heavy (non-hydrogen) atoms. The van der Waals surface area contributed by atoms with Crippen molar-refractivity contribution in [2.45, 2.75) is 0 Å². The average molecular weight is 635 g/mol. The van der Waals surface area contributed by atoms with E-state index in [1.807, 2.05) is 24.3 Å². The van der Waals surface area contributed by atoms with Crippen molar-refractivity contribution in [1.29, 1.82) is 0 Å². The van der Waals surface area contributed by atoms with Crippen molar-refractivity contribution in [3.63, 3.8) is 0 Å². The summed E-state index contributed by atoms with van der Waals surface area (Å²) in [5.74, 6) is 0. The van der Waals surface area contributed by atoms with Gasteiger partial charge in [0.2, 0.25) is 0 Å². The highest BCUT2D eigenvalue weighted by Crippen LogP contribution is 2.46. The van der Waals surface area contributed by atoms with Crippen LogP contribution in [0.5, 0.6) is 0 Å². The van der Waals surface area contributed by atoms with Gasteiger partial charge in [0.25, 0.3) is 0 Å². The SMILES string of the molecule is c1ccc(-c2nc3ccc4oc5ccc(N(c6ccc7c(c6)oc6ccccc67)c6ccccc6-c6ccccc6)cc5c4c3s2)cc1. The van der Waals surface area contributed by atoms with Crippen molar-refractivity contribution in [1.82, 2.24) is 4.98 Å². The van der Waals surface area contributed by atoms with Gasteiger partial charge in [0.15, 0.2) is 0 Å². The van der Waals surface area contributed by atoms with Crippen molar-refractivity contribution < 1.29 is 8.83 Å². The number of hydrogen-bond acceptors (Lipinski definition) is 5. The van der Waals surface area contributed by atoms with Gasteiger partial charge in [-0.3, -0.25) is 0 Å². The first-order valence-corrected chi connectivity index (χ1v) is 16.8. The van der Waals surface area contributed by atoms with Crippen LogP contribution < -0.4 is 4.90 Å². The third kappa shape index (κ3) is 4.25. The maximum atomic E-state index is 6.45. The van der Waals surface area contributed by atoms with Gasteiger partial charge in [0, 0.05) is 50.1 Å². The molecule has 5 heteroatoms. The van der Waals surface area contributed by atoms with E-state index in [1.165, 1.54) is 0 Å². The number of benzene rings is 7. The van der Waals surface area contributed by atoms with Crippen LogP contribution in [0, 0.1) is 0 Å². The highest BCUT2D eigenvalue weighted by molar-refractivity contribution is 7.22. The lowest BCUT2D eigenvalue weighted by molar-refractivity contribution is 0.668. The topological polar surface area (TPSA) is 42.4 Å². The predicted octanol–water partition coefficient (Wildman–Crippen LogP) is 12.9. The summed E-state index contributed by atoms with van der Waals surface area (Å²) in [6.45, 7) is 0. The summed E-state index contributed by atoms with van der Waals surface area (Å²) >= 11 is 1.71. The Balaban J connectivity index is 1.22. The van der Waals surface area contributed by atoms with E-state index in [9.17, 15) is 0 Å². The molecule has 0 radical (unpaired) electrons. The molecule has 0 aliphatic rings. The Labute approximate surface area is 279 Å². The van der Waals surface area contributed by atoms with Crippen molar-refractivity contribution >= 4 is 82.5 Å². The first-order chi connectivity index (χ1) is 23.8. The molecule has 4 nitrogen and oxygen atoms in total. The summed E-state index contributed by atoms with van der Waals surface area (Å²) in [5, 5.41) is 5.37. The van der Waals surface area contributed by atoms with Crippen LogP contribution in [0.25, 0.3) is 75.8 Å². The fourth-order valence-electron chi connectivity index (χ4n) is 6.89. The maximum absolute atomic E-state index is 6.45. The predicted molar refractivity (Wildman–Crippen MR) is 200 cm³/mol. The summed E-state index contributed by atoms with van der Waals surface area (Å²) in [7, 11) is 0. The summed E-state index contributed by atoms with van der Waals surface area (Å²) in [6.07, 6.45) is 0. The summed E-state index contributed by atoms with van der Waals surface area (Å²) in [4.78, 5) is 7.35. The number of para-hydroxylation sites is 2. The molecule has 3 heterocycles. The molecule has 226 valence electrons. The molecule has 0 atom stereocenters. The Kier molecular flexibility index (Phi) is 6.01. The fourth-order valence-corrected chi connectivity index (χ4v) is 8.01. The van der Waals surface area contributed by atoms with Gasteiger partial charge in [0.1, 0.15) is 27.3 Å². The smallest absolute Gasteiger partial charge is 0.137 e. The van der Waals surface area contributed by atoms with E-state index < -0.39 is 0 Å². The van der Waals surface area contributed by atoms with Gasteiger partial charge in [-0.15, -0.1) is 11.3 Å². The van der Waals surface area contributed by atoms with Crippen LogP contribution in [-0.4, -0.2) is 4.98 Å². The summed E-state index contributed by atoms with van der Waals surface area (Å²) in [6, 6.07) is 54.9. The first-order valence-electron chi connectivity index (χ1n) is 16.0. The largest absolute Gasteiger partial charge is 0.456 e. The Hall–Kier alpha value is -6.17. The van der Waals surface area contributed by atoms with Crippen LogP contribution in [0.15, 0.2) is 167 Å². The number of rotatable bonds is 5. The highest BCUT2D eigenvalue weighted by atomic mass is 32.1. The second-order valence-corrected chi connectivity index (χ2v) is 13.0. The molecule has 0 saturated carbocycles. The molecule has 10 rings (SSSR count). The number of anilines is 3. The van der Waals surface area contributed by atoms with Crippen LogP contribution >= 0.6 is 11.3 Å². The number of hydrogen-bond donors (Lipinski definition) is 0. The Morgan fingerprint density at radius 2 is 1.12 bits per heavy atom. The van der Waals surface area contributed by atoms with Gasteiger partial charge in [-0.1, -0.05) is 97.1 Å². The molecule has 0 bridgehead atoms. The molecule has 7 aromatic carbocycles. The molecule has 3 aromatic heterocycles. The van der Waals surface area contributed by atoms with Gasteiger partial charge in [-0.05, 0) is 60.2 Å². The lowest BCUT2D eigenvalue weighted by Gasteiger charge is -2.28. The number of nitrogens with zero attached hydrogens (tertiary/aromatic N) is 2. The molecular weight excluding hydrogens is 609 g/mol. The molecule has 0 aliphatic carbocycles. The van der Waals surface area contributed by atoms with Crippen molar-refractivity contribution in [3.8, 4) is 21.7 Å². The lowest BCUT2D eigenvalue weighted by Crippen LogP contribution is -2.11. The van der Waals surface area contributed by atoms with Crippen LogP contribution in [-0.2, 0) is 0 Å². The number of furan rings is 2. The van der Waals surface area contributed by atoms with Gasteiger partial charge in [-0.25, -0.2) is 4.98 Å². The van der Waals surface area contributed by atoms with E-state index in [0.29, 0.717) is 0 Å². The second-order valence-electron chi connectivity index (χ2n) is 12.0. The first kappa shape index (κ1) is 27.0. The second kappa shape index (κ2) is 10.7. The molecule has 0 saturated heterocycles. The van der Waals surface area contributed by atoms with E-state index in [4.69, 9.17) is 13.8 Å². The van der Waals surface area contributed by atoms with E-state index in [1.54, 1.807) is 11.3 Å². The normalized spacial score (nSPS) is 11.8. The molecule has 0 spiro atoms. The van der Waals surface area contributed by atoms with E-state index in [-0.39, 0.29) is 0 Å². The Morgan fingerprint density at radius 1 is 0.479 bits per heavy atom. The molecule has 0 fully saturated rings. The maximum Gasteiger partial charge on any atom is 0.137 e. The standard InChI is InChI=1S/C43H26N2O2S/c1-3-11-27(12-4-1)31-15-7-9-17-36(31)45(30-19-21-33-32-16-8-10-18-37(32)47-40(33)26-30)29-20-23-38-34(25-29)41-39(46-38)24-22-35-42(41)48-43(44-35)28-13-5-2-6-14-28/h1-26H. The zero-order valence-electron chi connectivity index (χ0n) is 25.6. The van der Waals surface area contributed by atoms with Crippen molar-refractivity contribution in [2.24, 2.45) is 0 Å². The number of aromatic nitrogens is 1. The van der Waals surface area contributed by atoms with Gasteiger partial charge in [-0.2, -0.15) is 0 Å². The molecule has 0 amide bonds. The van der Waals surface area contributed by atoms with Crippen molar-refractivity contribution in [2.75, 3.05) is 4.90 Å². The molecule has 0 N–H and O–H groups in total. The van der Waals surface area contributed by atoms with Gasteiger partial charge < -0.3 is 13.7 Å². The Bertz CT molecular complexity index is 2790. The number of thiazole rings is 1. The molecule has 0 unspecified atom stereocenters. The number of fused-ring (bicyclic) bond motifs is 8. The van der Waals surface area contributed by atoms with Crippen LogP contribution in [0.3, 0.4) is 0 Å². The molecular formula is C43H26N2O2S. The lowest BCUT2D eigenvalue weighted by atomic mass is 10.0. The zero-order valence-corrected chi connectivity index (χ0v) is 26.4. The van der Waals surface area contributed by atoms with Crippen molar-refractivity contribution in [3.05, 3.63) is 158 Å². The van der Waals surface area contributed by atoms with Gasteiger partial charge >= 0.3 is 0 Å². The molecule has 10 aromatic rings. The van der Waals surface area contributed by atoms with Crippen LogP contribution in [0.4, 0.5) is 17.1 Å². The third-order valence-electron chi connectivity index (χ3n) is 9.10. The Morgan fingerprint density at radius 3 is 2.00 bits per heavy atom. The zero-order chi connectivity index (χ0) is 31.6. The highest BCUT2D eigenvalue weighted by Gasteiger charge is 2.21. The fraction of sp³-hybridized carbons (Fsp3) is 0. The summed E-state index contributed by atoms with van der Waals surface area (Å²) in [5.41, 5.74) is 10.9. The minimum atomic E-state index is 0.847. The van der Waals surface area contributed by atoms with Crippen LogP contribution in [0.1, 0.15) is 0 Å². The minimum absolute atomic E-state index is 0.847. The quantitative estimate of drug-likeness (QED) is 0.189. The van der Waals surface area contributed by atoms with Crippen LogP contribution in [0.2, 0.25) is 0 Å². The van der Waals surface area contributed by atoms with E-state index >= 15 is 0 Å². The average Bonchev–Trinajstić information content (AvgIpc) is 3.85. The molecule has 0 aliphatic heterocycles. The van der Waals surface area contributed by atoms with E-state index in [0.717, 1.165) is 92.9 Å². The minimum Gasteiger partial charge on any atom is -0.456 e. The van der Waals surface area contributed by atoms with E-state index in [2.05, 4.69) is 138 Å². The monoisotopic (exact) mass is 634 g/mol. The summed E-state index contributed by atoms with van der Waals surface area (Å²) < 4.78 is 14.0.